The fourth-order valence-electron chi connectivity index (χ4n) is 2.57. The number of nitrogens with zero attached hydrogens (tertiary/aromatic N) is 3. The van der Waals surface area contributed by atoms with E-state index in [2.05, 4.69) is 15.6 Å². The molecule has 0 bridgehead atoms. The highest BCUT2D eigenvalue weighted by molar-refractivity contribution is 5.91. The number of aromatic nitrogens is 3. The third kappa shape index (κ3) is 3.73. The second kappa shape index (κ2) is 6.87. The molecule has 0 aliphatic carbocycles. The van der Waals surface area contributed by atoms with E-state index in [1.54, 1.807) is 23.0 Å². The zero-order chi connectivity index (χ0) is 16.2. The second-order valence-corrected chi connectivity index (χ2v) is 5.66. The summed E-state index contributed by atoms with van der Waals surface area (Å²) in [5.41, 5.74) is 1.15. The SMILES string of the molecule is C[C@H](c1ccc(F)cc1)n1cc(C(=O)NC[C@@H]2CCCO2)nn1. The van der Waals surface area contributed by atoms with E-state index in [9.17, 15) is 9.18 Å². The quantitative estimate of drug-likeness (QED) is 0.914. The molecule has 1 saturated heterocycles. The molecule has 1 aliphatic rings. The number of hydrogen-bond donors (Lipinski definition) is 1. The number of halogens is 1. The summed E-state index contributed by atoms with van der Waals surface area (Å²) in [6.07, 6.45) is 3.69. The van der Waals surface area contributed by atoms with Crippen LogP contribution in [0.4, 0.5) is 4.39 Å². The predicted molar refractivity (Wildman–Crippen MR) is 81.5 cm³/mol. The summed E-state index contributed by atoms with van der Waals surface area (Å²) in [5.74, 6) is -0.549. The van der Waals surface area contributed by atoms with Gasteiger partial charge in [-0.3, -0.25) is 4.79 Å². The van der Waals surface area contributed by atoms with Gasteiger partial charge in [0, 0.05) is 13.2 Å². The van der Waals surface area contributed by atoms with Gasteiger partial charge in [-0.2, -0.15) is 0 Å². The maximum absolute atomic E-state index is 13.0. The average molecular weight is 318 g/mol. The predicted octanol–water partition coefficient (Wildman–Crippen LogP) is 1.94. The van der Waals surface area contributed by atoms with Gasteiger partial charge in [-0.25, -0.2) is 9.07 Å². The van der Waals surface area contributed by atoms with Gasteiger partial charge in [0.25, 0.3) is 5.91 Å². The number of rotatable bonds is 5. The first-order valence-corrected chi connectivity index (χ1v) is 7.70. The fourth-order valence-corrected chi connectivity index (χ4v) is 2.57. The number of hydrogen-bond acceptors (Lipinski definition) is 4. The van der Waals surface area contributed by atoms with E-state index in [1.807, 2.05) is 6.92 Å². The number of benzene rings is 1. The van der Waals surface area contributed by atoms with Gasteiger partial charge in [0.2, 0.25) is 0 Å². The Hall–Kier alpha value is -2.28. The van der Waals surface area contributed by atoms with Gasteiger partial charge >= 0.3 is 0 Å². The molecule has 23 heavy (non-hydrogen) atoms. The Morgan fingerprint density at radius 3 is 2.96 bits per heavy atom. The Morgan fingerprint density at radius 2 is 2.26 bits per heavy atom. The Labute approximate surface area is 133 Å². The van der Waals surface area contributed by atoms with Crippen LogP contribution in [0.15, 0.2) is 30.5 Å². The van der Waals surface area contributed by atoms with Crippen LogP contribution in [-0.4, -0.2) is 40.2 Å². The molecule has 0 unspecified atom stereocenters. The molecule has 6 nitrogen and oxygen atoms in total. The highest BCUT2D eigenvalue weighted by atomic mass is 19.1. The van der Waals surface area contributed by atoms with Gasteiger partial charge in [0.1, 0.15) is 5.82 Å². The van der Waals surface area contributed by atoms with E-state index in [0.717, 1.165) is 25.0 Å². The maximum atomic E-state index is 13.0. The molecule has 122 valence electrons. The van der Waals surface area contributed by atoms with Crippen molar-refractivity contribution in [3.63, 3.8) is 0 Å². The van der Waals surface area contributed by atoms with Crippen LogP contribution in [-0.2, 0) is 4.74 Å². The molecule has 7 heteroatoms. The van der Waals surface area contributed by atoms with Gasteiger partial charge < -0.3 is 10.1 Å². The number of ether oxygens (including phenoxy) is 1. The van der Waals surface area contributed by atoms with Crippen LogP contribution >= 0.6 is 0 Å². The molecule has 2 aromatic rings. The second-order valence-electron chi connectivity index (χ2n) is 5.66. The molecule has 0 radical (unpaired) electrons. The smallest absolute Gasteiger partial charge is 0.273 e. The van der Waals surface area contributed by atoms with Crippen LogP contribution in [0, 0.1) is 5.82 Å². The number of amides is 1. The average Bonchev–Trinajstić information content (AvgIpc) is 3.24. The van der Waals surface area contributed by atoms with Crippen LogP contribution in [0.3, 0.4) is 0 Å². The molecule has 1 amide bonds. The molecule has 1 aromatic heterocycles. The first-order valence-electron chi connectivity index (χ1n) is 7.70. The Kier molecular flexibility index (Phi) is 4.66. The lowest BCUT2D eigenvalue weighted by atomic mass is 10.1. The largest absolute Gasteiger partial charge is 0.376 e. The molecule has 0 spiro atoms. The first-order chi connectivity index (χ1) is 11.1. The highest BCUT2D eigenvalue weighted by Gasteiger charge is 2.19. The molecule has 2 heterocycles. The lowest BCUT2D eigenvalue weighted by Gasteiger charge is -2.11. The molecule has 1 aromatic carbocycles. The standard InChI is InChI=1S/C16H19FN4O2/c1-11(12-4-6-13(17)7-5-12)21-10-15(19-20-21)16(22)18-9-14-3-2-8-23-14/h4-7,10-11,14H,2-3,8-9H2,1H3,(H,18,22)/t11-,14+/m1/s1. The third-order valence-electron chi connectivity index (χ3n) is 4.01. The fraction of sp³-hybridized carbons (Fsp3) is 0.438. The lowest BCUT2D eigenvalue weighted by molar-refractivity contribution is 0.0853. The van der Waals surface area contributed by atoms with Crippen molar-refractivity contribution < 1.29 is 13.9 Å². The van der Waals surface area contributed by atoms with Gasteiger partial charge in [-0.15, -0.1) is 5.10 Å². The molecular weight excluding hydrogens is 299 g/mol. The molecule has 0 saturated carbocycles. The van der Waals surface area contributed by atoms with Crippen LogP contribution < -0.4 is 5.32 Å². The minimum atomic E-state index is -0.284. The van der Waals surface area contributed by atoms with Gasteiger partial charge in [-0.1, -0.05) is 17.3 Å². The monoisotopic (exact) mass is 318 g/mol. The molecular formula is C16H19FN4O2. The number of nitrogens with one attached hydrogen (secondary N) is 1. The maximum Gasteiger partial charge on any atom is 0.273 e. The zero-order valence-electron chi connectivity index (χ0n) is 12.9. The van der Waals surface area contributed by atoms with E-state index in [1.165, 1.54) is 12.1 Å². The van der Waals surface area contributed by atoms with Crippen molar-refractivity contribution in [1.29, 1.82) is 0 Å². The first kappa shape index (κ1) is 15.6. The summed E-state index contributed by atoms with van der Waals surface area (Å²) in [6.45, 7) is 3.15. The topological polar surface area (TPSA) is 69.0 Å². The molecule has 1 aliphatic heterocycles. The summed E-state index contributed by atoms with van der Waals surface area (Å²) in [4.78, 5) is 12.1. The number of carbonyl (C=O) groups excluding carboxylic acids is 1. The van der Waals surface area contributed by atoms with Gasteiger partial charge in [0.15, 0.2) is 5.69 Å². The van der Waals surface area contributed by atoms with Crippen LogP contribution in [0.25, 0.3) is 0 Å². The van der Waals surface area contributed by atoms with Gasteiger partial charge in [0.05, 0.1) is 18.3 Å². The van der Waals surface area contributed by atoms with Crippen molar-refractivity contribution in [2.75, 3.05) is 13.2 Å². The van der Waals surface area contributed by atoms with Gasteiger partial charge in [-0.05, 0) is 37.5 Å². The van der Waals surface area contributed by atoms with Crippen LogP contribution in [0.5, 0.6) is 0 Å². The van der Waals surface area contributed by atoms with E-state index < -0.39 is 0 Å². The minimum absolute atomic E-state index is 0.0899. The summed E-state index contributed by atoms with van der Waals surface area (Å²) in [6, 6.07) is 6.05. The minimum Gasteiger partial charge on any atom is -0.376 e. The van der Waals surface area contributed by atoms with Crippen LogP contribution in [0.2, 0.25) is 0 Å². The molecule has 3 rings (SSSR count). The normalized spacial score (nSPS) is 18.8. The van der Waals surface area contributed by atoms with E-state index in [-0.39, 0.29) is 29.6 Å². The summed E-state index contributed by atoms with van der Waals surface area (Å²) >= 11 is 0. The summed E-state index contributed by atoms with van der Waals surface area (Å²) in [7, 11) is 0. The van der Waals surface area contributed by atoms with Crippen molar-refractivity contribution in [1.82, 2.24) is 20.3 Å². The highest BCUT2D eigenvalue weighted by Crippen LogP contribution is 2.17. The van der Waals surface area contributed by atoms with E-state index in [4.69, 9.17) is 4.74 Å². The number of carbonyl (C=O) groups is 1. The zero-order valence-corrected chi connectivity index (χ0v) is 12.9. The van der Waals surface area contributed by atoms with Crippen molar-refractivity contribution in [2.24, 2.45) is 0 Å². The Bertz CT molecular complexity index is 665. The Morgan fingerprint density at radius 1 is 1.48 bits per heavy atom. The molecule has 1 fully saturated rings. The molecule has 1 N–H and O–H groups in total. The van der Waals surface area contributed by atoms with Crippen molar-refractivity contribution >= 4 is 5.91 Å². The summed E-state index contributed by atoms with van der Waals surface area (Å²) < 4.78 is 20.0. The van der Waals surface area contributed by atoms with Crippen molar-refractivity contribution in [3.05, 3.63) is 47.5 Å². The molecule has 2 atom stereocenters. The third-order valence-corrected chi connectivity index (χ3v) is 4.01. The Balaban J connectivity index is 1.62. The van der Waals surface area contributed by atoms with E-state index >= 15 is 0 Å². The lowest BCUT2D eigenvalue weighted by Crippen LogP contribution is -2.32. The van der Waals surface area contributed by atoms with Crippen molar-refractivity contribution in [2.45, 2.75) is 31.9 Å². The van der Waals surface area contributed by atoms with Crippen molar-refractivity contribution in [3.8, 4) is 0 Å². The summed E-state index contributed by atoms with van der Waals surface area (Å²) in [5, 5.41) is 10.7. The van der Waals surface area contributed by atoms with Crippen LogP contribution in [0.1, 0.15) is 41.9 Å². The van der Waals surface area contributed by atoms with E-state index in [0.29, 0.717) is 6.54 Å².